The van der Waals surface area contributed by atoms with Gasteiger partial charge in [-0.05, 0) is 28.8 Å². The maximum Gasteiger partial charge on any atom is 0.113 e. The largest absolute Gasteiger partial charge is 0.383 e. The molecule has 1 aliphatic heterocycles. The summed E-state index contributed by atoms with van der Waals surface area (Å²) in [5.74, 6) is 0. The SMILES string of the molecule is OC(c1ccc2c(c1)COC2)c1ccc(Cl)s1. The Balaban J connectivity index is 1.94. The molecule has 0 bridgehead atoms. The summed E-state index contributed by atoms with van der Waals surface area (Å²) < 4.78 is 6.06. The van der Waals surface area contributed by atoms with Gasteiger partial charge >= 0.3 is 0 Å². The Morgan fingerprint density at radius 2 is 2.00 bits per heavy atom. The Bertz CT molecular complexity index is 550. The summed E-state index contributed by atoms with van der Waals surface area (Å²) in [5.41, 5.74) is 3.28. The minimum Gasteiger partial charge on any atom is -0.383 e. The Morgan fingerprint density at radius 3 is 2.76 bits per heavy atom. The molecular formula is C13H11ClO2S. The predicted molar refractivity (Wildman–Crippen MR) is 68.3 cm³/mol. The van der Waals surface area contributed by atoms with E-state index in [0.717, 1.165) is 10.4 Å². The fourth-order valence-electron chi connectivity index (χ4n) is 2.00. The van der Waals surface area contributed by atoms with Gasteiger partial charge in [-0.1, -0.05) is 29.8 Å². The van der Waals surface area contributed by atoms with E-state index in [1.807, 2.05) is 24.3 Å². The smallest absolute Gasteiger partial charge is 0.113 e. The van der Waals surface area contributed by atoms with Crippen LogP contribution in [0.2, 0.25) is 4.34 Å². The zero-order valence-electron chi connectivity index (χ0n) is 9.02. The number of rotatable bonds is 2. The third-order valence-corrected chi connectivity index (χ3v) is 4.21. The quantitative estimate of drug-likeness (QED) is 0.901. The van der Waals surface area contributed by atoms with Crippen LogP contribution >= 0.6 is 22.9 Å². The van der Waals surface area contributed by atoms with Crippen molar-refractivity contribution < 1.29 is 9.84 Å². The topological polar surface area (TPSA) is 29.5 Å². The molecule has 1 unspecified atom stereocenters. The van der Waals surface area contributed by atoms with Crippen molar-refractivity contribution in [3.05, 3.63) is 56.2 Å². The van der Waals surface area contributed by atoms with Gasteiger partial charge in [-0.3, -0.25) is 0 Å². The Morgan fingerprint density at radius 1 is 1.18 bits per heavy atom. The lowest BCUT2D eigenvalue weighted by Crippen LogP contribution is -1.98. The first-order valence-electron chi connectivity index (χ1n) is 5.37. The maximum atomic E-state index is 10.2. The molecule has 1 atom stereocenters. The van der Waals surface area contributed by atoms with Gasteiger partial charge < -0.3 is 9.84 Å². The lowest BCUT2D eigenvalue weighted by atomic mass is 10.0. The number of ether oxygens (including phenoxy) is 1. The van der Waals surface area contributed by atoms with Gasteiger partial charge in [0.15, 0.2) is 0 Å². The monoisotopic (exact) mass is 266 g/mol. The Labute approximate surface area is 108 Å². The molecule has 2 nitrogen and oxygen atoms in total. The first kappa shape index (κ1) is 11.2. The number of hydrogen-bond donors (Lipinski definition) is 1. The molecule has 17 heavy (non-hydrogen) atoms. The number of fused-ring (bicyclic) bond motifs is 1. The van der Waals surface area contributed by atoms with Crippen LogP contribution in [0, 0.1) is 0 Å². The molecule has 3 rings (SSSR count). The summed E-state index contributed by atoms with van der Waals surface area (Å²) in [6, 6.07) is 9.66. The lowest BCUT2D eigenvalue weighted by molar-refractivity contribution is 0.134. The van der Waals surface area contributed by atoms with Gasteiger partial charge in [0.05, 0.1) is 17.6 Å². The van der Waals surface area contributed by atoms with Crippen molar-refractivity contribution >= 4 is 22.9 Å². The van der Waals surface area contributed by atoms with Crippen LogP contribution in [0.4, 0.5) is 0 Å². The third kappa shape index (κ3) is 2.11. The average molecular weight is 267 g/mol. The number of hydrogen-bond acceptors (Lipinski definition) is 3. The van der Waals surface area contributed by atoms with Gasteiger partial charge in [0, 0.05) is 4.88 Å². The molecule has 0 amide bonds. The number of benzene rings is 1. The second-order valence-corrected chi connectivity index (χ2v) is 5.81. The first-order chi connectivity index (χ1) is 8.24. The van der Waals surface area contributed by atoms with E-state index in [0.29, 0.717) is 17.6 Å². The average Bonchev–Trinajstić information content (AvgIpc) is 2.95. The molecule has 1 aliphatic rings. The van der Waals surface area contributed by atoms with E-state index >= 15 is 0 Å². The normalized spacial score (nSPS) is 15.9. The van der Waals surface area contributed by atoms with Crippen LogP contribution in [0.25, 0.3) is 0 Å². The number of aliphatic hydroxyl groups excluding tert-OH is 1. The van der Waals surface area contributed by atoms with Gasteiger partial charge in [0.1, 0.15) is 6.10 Å². The van der Waals surface area contributed by atoms with E-state index in [4.69, 9.17) is 16.3 Å². The van der Waals surface area contributed by atoms with E-state index < -0.39 is 6.10 Å². The van der Waals surface area contributed by atoms with Crippen molar-refractivity contribution in [3.63, 3.8) is 0 Å². The molecule has 4 heteroatoms. The van der Waals surface area contributed by atoms with Crippen LogP contribution in [0.15, 0.2) is 30.3 Å². The van der Waals surface area contributed by atoms with Crippen LogP contribution < -0.4 is 0 Å². The number of thiophene rings is 1. The first-order valence-corrected chi connectivity index (χ1v) is 6.56. The second-order valence-electron chi connectivity index (χ2n) is 4.07. The molecule has 0 saturated heterocycles. The van der Waals surface area contributed by atoms with Crippen molar-refractivity contribution in [2.24, 2.45) is 0 Å². The van der Waals surface area contributed by atoms with Gasteiger partial charge in [-0.25, -0.2) is 0 Å². The Kier molecular flexibility index (Phi) is 2.92. The van der Waals surface area contributed by atoms with E-state index in [2.05, 4.69) is 0 Å². The fourth-order valence-corrected chi connectivity index (χ4v) is 3.08. The van der Waals surface area contributed by atoms with E-state index in [1.54, 1.807) is 6.07 Å². The van der Waals surface area contributed by atoms with Crippen molar-refractivity contribution in [3.8, 4) is 0 Å². The molecule has 1 aromatic heterocycles. The minimum absolute atomic E-state index is 0.599. The molecule has 2 aromatic rings. The van der Waals surface area contributed by atoms with Gasteiger partial charge in [-0.15, -0.1) is 11.3 Å². The number of aliphatic hydroxyl groups is 1. The molecular weight excluding hydrogens is 256 g/mol. The summed E-state index contributed by atoms with van der Waals surface area (Å²) in [6.45, 7) is 1.32. The van der Waals surface area contributed by atoms with Crippen LogP contribution in [0.1, 0.15) is 27.7 Å². The molecule has 0 radical (unpaired) electrons. The highest BCUT2D eigenvalue weighted by Crippen LogP contribution is 2.32. The van der Waals surface area contributed by atoms with Crippen molar-refractivity contribution in [1.82, 2.24) is 0 Å². The van der Waals surface area contributed by atoms with Crippen molar-refractivity contribution in [1.29, 1.82) is 0 Å². The predicted octanol–water partition coefficient (Wildman–Crippen LogP) is 3.51. The highest BCUT2D eigenvalue weighted by molar-refractivity contribution is 7.16. The molecule has 1 N–H and O–H groups in total. The van der Waals surface area contributed by atoms with Crippen molar-refractivity contribution in [2.75, 3.05) is 0 Å². The Hall–Kier alpha value is -0.870. The summed E-state index contributed by atoms with van der Waals surface area (Å²) in [6.07, 6.45) is -0.599. The summed E-state index contributed by atoms with van der Waals surface area (Å²) in [4.78, 5) is 0.869. The van der Waals surface area contributed by atoms with E-state index in [1.165, 1.54) is 22.5 Å². The van der Waals surface area contributed by atoms with Crippen LogP contribution in [-0.2, 0) is 18.0 Å². The number of halogens is 1. The summed E-state index contributed by atoms with van der Waals surface area (Å²) in [5, 5.41) is 10.2. The highest BCUT2D eigenvalue weighted by atomic mass is 35.5. The molecule has 1 aromatic carbocycles. The molecule has 0 fully saturated rings. The maximum absolute atomic E-state index is 10.2. The van der Waals surface area contributed by atoms with E-state index in [-0.39, 0.29) is 0 Å². The van der Waals surface area contributed by atoms with Crippen LogP contribution in [-0.4, -0.2) is 5.11 Å². The zero-order chi connectivity index (χ0) is 11.8. The fraction of sp³-hybridized carbons (Fsp3) is 0.231. The molecule has 2 heterocycles. The summed E-state index contributed by atoms with van der Waals surface area (Å²) in [7, 11) is 0. The lowest BCUT2D eigenvalue weighted by Gasteiger charge is -2.10. The minimum atomic E-state index is -0.599. The second kappa shape index (κ2) is 4.42. The highest BCUT2D eigenvalue weighted by Gasteiger charge is 2.17. The standard InChI is InChI=1S/C13H11ClO2S/c14-12-4-3-11(17-12)13(15)8-1-2-9-6-16-7-10(9)5-8/h1-5,13,15H,6-7H2. The third-order valence-electron chi connectivity index (χ3n) is 2.92. The molecule has 0 spiro atoms. The van der Waals surface area contributed by atoms with E-state index in [9.17, 15) is 5.11 Å². The van der Waals surface area contributed by atoms with Crippen LogP contribution in [0.5, 0.6) is 0 Å². The zero-order valence-corrected chi connectivity index (χ0v) is 10.6. The van der Waals surface area contributed by atoms with Gasteiger partial charge in [0.2, 0.25) is 0 Å². The molecule has 88 valence electrons. The summed E-state index contributed by atoms with van der Waals surface area (Å²) >= 11 is 7.28. The van der Waals surface area contributed by atoms with Crippen LogP contribution in [0.3, 0.4) is 0 Å². The molecule has 0 aliphatic carbocycles. The van der Waals surface area contributed by atoms with Gasteiger partial charge in [-0.2, -0.15) is 0 Å². The van der Waals surface area contributed by atoms with Gasteiger partial charge in [0.25, 0.3) is 0 Å². The van der Waals surface area contributed by atoms with Crippen molar-refractivity contribution in [2.45, 2.75) is 19.3 Å². The molecule has 0 saturated carbocycles.